The summed E-state index contributed by atoms with van der Waals surface area (Å²) in [7, 11) is 0. The standard InChI is InChI=1S/C27H35N5O4/c1-27(2)17-24(33)32(25(34)18-27)12-9-22-7-8-23(29-20-22)36-26(35)31-15-13-30(14-16-31)11-4-6-21-5-3-10-28-19-21/h3,5,7-8,10,19-20H,4,6,9,11-18H2,1-2H3. The summed E-state index contributed by atoms with van der Waals surface area (Å²) in [5, 5.41) is 0. The molecular weight excluding hydrogens is 458 g/mol. The average Bonchev–Trinajstić information content (AvgIpc) is 2.85. The first-order valence-corrected chi connectivity index (χ1v) is 12.7. The van der Waals surface area contributed by atoms with Gasteiger partial charge in [-0.15, -0.1) is 0 Å². The summed E-state index contributed by atoms with van der Waals surface area (Å²) in [5.74, 6) is 0.00114. The molecule has 9 heteroatoms. The Bertz CT molecular complexity index is 1030. The molecule has 0 saturated carbocycles. The zero-order valence-electron chi connectivity index (χ0n) is 21.2. The van der Waals surface area contributed by atoms with Crippen molar-refractivity contribution in [1.82, 2.24) is 24.7 Å². The molecule has 4 rings (SSSR count). The molecule has 9 nitrogen and oxygen atoms in total. The molecule has 0 atom stereocenters. The molecule has 2 aliphatic rings. The van der Waals surface area contributed by atoms with Gasteiger partial charge in [0.15, 0.2) is 0 Å². The third-order valence-electron chi connectivity index (χ3n) is 6.77. The summed E-state index contributed by atoms with van der Waals surface area (Å²) in [5.41, 5.74) is 1.85. The Hall–Kier alpha value is -3.33. The Balaban J connectivity index is 1.17. The highest BCUT2D eigenvalue weighted by Gasteiger charge is 2.37. The minimum atomic E-state index is -0.391. The Labute approximate surface area is 212 Å². The Morgan fingerprint density at radius 1 is 0.944 bits per heavy atom. The minimum absolute atomic E-state index is 0.122. The van der Waals surface area contributed by atoms with Crippen LogP contribution in [0.25, 0.3) is 0 Å². The number of aryl methyl sites for hydroxylation is 1. The number of likely N-dealkylation sites (tertiary alicyclic amines) is 1. The first-order chi connectivity index (χ1) is 17.3. The average molecular weight is 494 g/mol. The second-order valence-corrected chi connectivity index (χ2v) is 10.4. The lowest BCUT2D eigenvalue weighted by Crippen LogP contribution is -2.49. The van der Waals surface area contributed by atoms with E-state index in [9.17, 15) is 14.4 Å². The molecule has 0 aliphatic carbocycles. The van der Waals surface area contributed by atoms with Crippen molar-refractivity contribution < 1.29 is 19.1 Å². The molecule has 2 fully saturated rings. The molecule has 2 saturated heterocycles. The number of piperazine rings is 1. The maximum atomic E-state index is 12.6. The number of hydrogen-bond acceptors (Lipinski definition) is 7. The molecule has 0 bridgehead atoms. The van der Waals surface area contributed by atoms with Gasteiger partial charge in [-0.3, -0.25) is 24.4 Å². The van der Waals surface area contributed by atoms with Crippen molar-refractivity contribution in [3.8, 4) is 5.88 Å². The topological polar surface area (TPSA) is 95.9 Å². The van der Waals surface area contributed by atoms with Crippen LogP contribution >= 0.6 is 0 Å². The Morgan fingerprint density at radius 3 is 2.31 bits per heavy atom. The smallest absolute Gasteiger partial charge is 0.391 e. The quantitative estimate of drug-likeness (QED) is 0.522. The highest BCUT2D eigenvalue weighted by Crippen LogP contribution is 2.31. The van der Waals surface area contributed by atoms with Crippen LogP contribution in [0.1, 0.15) is 44.2 Å². The Morgan fingerprint density at radius 2 is 1.67 bits per heavy atom. The van der Waals surface area contributed by atoms with Crippen molar-refractivity contribution in [1.29, 1.82) is 0 Å². The van der Waals surface area contributed by atoms with Crippen LogP contribution in [0.2, 0.25) is 0 Å². The summed E-state index contributed by atoms with van der Waals surface area (Å²) in [6.45, 7) is 8.09. The number of carbonyl (C=O) groups is 3. The maximum absolute atomic E-state index is 12.6. The van der Waals surface area contributed by atoms with Crippen molar-refractivity contribution >= 4 is 17.9 Å². The lowest BCUT2D eigenvalue weighted by atomic mass is 9.81. The van der Waals surface area contributed by atoms with Crippen molar-refractivity contribution in [2.24, 2.45) is 5.41 Å². The number of rotatable bonds is 8. The molecular formula is C27H35N5O4. The molecule has 2 aromatic heterocycles. The summed E-state index contributed by atoms with van der Waals surface area (Å²) in [6, 6.07) is 7.53. The number of nitrogens with zero attached hydrogens (tertiary/aromatic N) is 5. The van der Waals surface area contributed by atoms with Gasteiger partial charge in [-0.1, -0.05) is 26.0 Å². The monoisotopic (exact) mass is 493 g/mol. The highest BCUT2D eigenvalue weighted by atomic mass is 16.6. The van der Waals surface area contributed by atoms with E-state index in [2.05, 4.69) is 20.9 Å². The van der Waals surface area contributed by atoms with Gasteiger partial charge >= 0.3 is 6.09 Å². The molecule has 0 unspecified atom stereocenters. The van der Waals surface area contributed by atoms with E-state index in [4.69, 9.17) is 4.74 Å². The predicted octanol–water partition coefficient (Wildman–Crippen LogP) is 2.94. The zero-order valence-corrected chi connectivity index (χ0v) is 21.2. The number of hydrogen-bond donors (Lipinski definition) is 0. The molecule has 36 heavy (non-hydrogen) atoms. The number of amides is 3. The van der Waals surface area contributed by atoms with E-state index in [1.165, 1.54) is 10.5 Å². The van der Waals surface area contributed by atoms with Gasteiger partial charge in [-0.25, -0.2) is 9.78 Å². The zero-order chi connectivity index (χ0) is 25.5. The van der Waals surface area contributed by atoms with Gasteiger partial charge in [-0.2, -0.15) is 0 Å². The van der Waals surface area contributed by atoms with Gasteiger partial charge in [0, 0.05) is 70.2 Å². The minimum Gasteiger partial charge on any atom is -0.391 e. The van der Waals surface area contributed by atoms with Crippen molar-refractivity contribution in [3.05, 3.63) is 54.0 Å². The van der Waals surface area contributed by atoms with Crippen LogP contribution < -0.4 is 4.74 Å². The molecule has 4 heterocycles. The molecule has 0 radical (unpaired) electrons. The maximum Gasteiger partial charge on any atom is 0.416 e. The van der Waals surface area contributed by atoms with Crippen LogP contribution in [-0.2, 0) is 22.4 Å². The van der Waals surface area contributed by atoms with Crippen molar-refractivity contribution in [2.75, 3.05) is 39.3 Å². The molecule has 0 N–H and O–H groups in total. The molecule has 0 aromatic carbocycles. The number of pyridine rings is 2. The number of carbonyl (C=O) groups excluding carboxylic acids is 3. The number of imide groups is 1. The van der Waals surface area contributed by atoms with E-state index in [1.54, 1.807) is 23.4 Å². The normalized spacial score (nSPS) is 18.4. The van der Waals surface area contributed by atoms with E-state index >= 15 is 0 Å². The third-order valence-corrected chi connectivity index (χ3v) is 6.77. The SMILES string of the molecule is CC1(C)CC(=O)N(CCc2ccc(OC(=O)N3CCN(CCCc4cccnc4)CC3)nc2)C(=O)C1. The fourth-order valence-corrected chi connectivity index (χ4v) is 4.68. The first-order valence-electron chi connectivity index (χ1n) is 12.7. The molecule has 192 valence electrons. The van der Waals surface area contributed by atoms with E-state index in [0.29, 0.717) is 38.9 Å². The third kappa shape index (κ3) is 7.10. The van der Waals surface area contributed by atoms with Gasteiger partial charge in [0.25, 0.3) is 0 Å². The summed E-state index contributed by atoms with van der Waals surface area (Å²) in [4.78, 5) is 51.0. The second-order valence-electron chi connectivity index (χ2n) is 10.4. The predicted molar refractivity (Wildman–Crippen MR) is 134 cm³/mol. The van der Waals surface area contributed by atoms with Crippen LogP contribution in [0, 0.1) is 5.41 Å². The lowest BCUT2D eigenvalue weighted by Gasteiger charge is -2.34. The molecule has 0 spiro atoms. The van der Waals surface area contributed by atoms with Crippen LogP contribution in [0.5, 0.6) is 5.88 Å². The van der Waals surface area contributed by atoms with Crippen molar-refractivity contribution in [3.63, 3.8) is 0 Å². The van der Waals surface area contributed by atoms with Crippen LogP contribution in [0.4, 0.5) is 4.79 Å². The van der Waals surface area contributed by atoms with E-state index < -0.39 is 6.09 Å². The van der Waals surface area contributed by atoms with Gasteiger partial charge in [-0.05, 0) is 48.4 Å². The molecule has 2 aliphatic heterocycles. The largest absolute Gasteiger partial charge is 0.416 e. The summed E-state index contributed by atoms with van der Waals surface area (Å²) < 4.78 is 5.47. The molecule has 2 aromatic rings. The van der Waals surface area contributed by atoms with E-state index in [1.807, 2.05) is 32.2 Å². The van der Waals surface area contributed by atoms with Crippen molar-refractivity contribution in [2.45, 2.75) is 46.0 Å². The van der Waals surface area contributed by atoms with E-state index in [0.717, 1.165) is 38.0 Å². The summed E-state index contributed by atoms with van der Waals surface area (Å²) in [6.07, 6.45) is 8.27. The van der Waals surface area contributed by atoms with Gasteiger partial charge in [0.2, 0.25) is 17.7 Å². The van der Waals surface area contributed by atoms with Gasteiger partial charge in [0.1, 0.15) is 0 Å². The molecule has 3 amide bonds. The fourth-order valence-electron chi connectivity index (χ4n) is 4.68. The second kappa shape index (κ2) is 11.6. The highest BCUT2D eigenvalue weighted by molar-refractivity contribution is 5.98. The number of piperidine rings is 1. The van der Waals surface area contributed by atoms with Crippen LogP contribution in [0.15, 0.2) is 42.9 Å². The Kier molecular flexibility index (Phi) is 8.30. The lowest BCUT2D eigenvalue weighted by molar-refractivity contribution is -0.152. The number of ether oxygens (including phenoxy) is 1. The fraction of sp³-hybridized carbons (Fsp3) is 0.519. The number of aromatic nitrogens is 2. The van der Waals surface area contributed by atoms with Gasteiger partial charge < -0.3 is 9.64 Å². The van der Waals surface area contributed by atoms with E-state index in [-0.39, 0.29) is 23.1 Å². The summed E-state index contributed by atoms with van der Waals surface area (Å²) >= 11 is 0. The van der Waals surface area contributed by atoms with Gasteiger partial charge in [0.05, 0.1) is 0 Å². The first kappa shape index (κ1) is 25.8. The van der Waals surface area contributed by atoms with Crippen LogP contribution in [-0.4, -0.2) is 81.8 Å². The van der Waals surface area contributed by atoms with Crippen LogP contribution in [0.3, 0.4) is 0 Å².